The van der Waals surface area contributed by atoms with Crippen molar-refractivity contribution in [1.82, 2.24) is 10.9 Å². The van der Waals surface area contributed by atoms with E-state index in [2.05, 4.69) is 16.9 Å². The molecule has 22 heavy (non-hydrogen) atoms. The summed E-state index contributed by atoms with van der Waals surface area (Å²) in [6.07, 6.45) is 6.45. The van der Waals surface area contributed by atoms with E-state index in [0.717, 1.165) is 12.8 Å². The van der Waals surface area contributed by atoms with Gasteiger partial charge in [0.05, 0.1) is 14.2 Å². The van der Waals surface area contributed by atoms with Crippen LogP contribution in [0.25, 0.3) is 0 Å². The second-order valence-electron chi connectivity index (χ2n) is 4.99. The molecule has 1 aliphatic rings. The van der Waals surface area contributed by atoms with Crippen LogP contribution in [0.5, 0.6) is 11.5 Å². The Balaban J connectivity index is 1.94. The van der Waals surface area contributed by atoms with Crippen LogP contribution >= 0.6 is 0 Å². The highest BCUT2D eigenvalue weighted by Gasteiger charge is 2.19. The van der Waals surface area contributed by atoms with Crippen LogP contribution in [0, 0.1) is 5.92 Å². The first-order valence-corrected chi connectivity index (χ1v) is 7.13. The monoisotopic (exact) mass is 304 g/mol. The minimum atomic E-state index is -0.402. The number of nitrogens with one attached hydrogen (secondary N) is 2. The summed E-state index contributed by atoms with van der Waals surface area (Å²) < 4.78 is 10.3. The Kier molecular flexibility index (Phi) is 5.41. The van der Waals surface area contributed by atoms with Crippen molar-refractivity contribution < 1.29 is 19.1 Å². The lowest BCUT2D eigenvalue weighted by atomic mass is 9.94. The lowest BCUT2D eigenvalue weighted by molar-refractivity contribution is -0.126. The van der Waals surface area contributed by atoms with Crippen molar-refractivity contribution >= 4 is 11.8 Å². The van der Waals surface area contributed by atoms with Crippen molar-refractivity contribution in [1.29, 1.82) is 0 Å². The molecule has 1 aliphatic carbocycles. The molecule has 0 spiro atoms. The van der Waals surface area contributed by atoms with Crippen LogP contribution in [0.4, 0.5) is 0 Å². The van der Waals surface area contributed by atoms with Gasteiger partial charge in [0, 0.05) is 11.5 Å². The lowest BCUT2D eigenvalue weighted by Gasteiger charge is -2.17. The van der Waals surface area contributed by atoms with E-state index in [-0.39, 0.29) is 11.8 Å². The summed E-state index contributed by atoms with van der Waals surface area (Å²) in [6.45, 7) is 0. The van der Waals surface area contributed by atoms with Gasteiger partial charge in [-0.15, -0.1) is 0 Å². The zero-order valence-corrected chi connectivity index (χ0v) is 12.7. The SMILES string of the molecule is COc1ccc(C(=O)NNC(=O)C2CC=CCC2)cc1OC. The number of allylic oxidation sites excluding steroid dienone is 2. The molecule has 0 radical (unpaired) electrons. The van der Waals surface area contributed by atoms with Gasteiger partial charge in [-0.3, -0.25) is 20.4 Å². The molecule has 0 heterocycles. The van der Waals surface area contributed by atoms with Crippen molar-refractivity contribution in [2.24, 2.45) is 5.92 Å². The molecule has 0 bridgehead atoms. The fourth-order valence-corrected chi connectivity index (χ4v) is 2.30. The molecule has 1 aromatic carbocycles. The minimum Gasteiger partial charge on any atom is -0.493 e. The van der Waals surface area contributed by atoms with Crippen LogP contribution in [0.2, 0.25) is 0 Å². The van der Waals surface area contributed by atoms with Gasteiger partial charge in [-0.1, -0.05) is 12.2 Å². The van der Waals surface area contributed by atoms with Crippen molar-refractivity contribution in [2.45, 2.75) is 19.3 Å². The van der Waals surface area contributed by atoms with E-state index in [1.165, 1.54) is 14.2 Å². The first-order valence-electron chi connectivity index (χ1n) is 7.13. The molecule has 0 fully saturated rings. The number of methoxy groups -OCH3 is 2. The molecular formula is C16H20N2O4. The molecule has 1 unspecified atom stereocenters. The summed E-state index contributed by atoms with van der Waals surface area (Å²) >= 11 is 0. The Bertz CT molecular complexity index is 584. The van der Waals surface area contributed by atoms with E-state index < -0.39 is 5.91 Å². The topological polar surface area (TPSA) is 76.7 Å². The number of hydrogen-bond donors (Lipinski definition) is 2. The third-order valence-corrected chi connectivity index (χ3v) is 3.58. The fourth-order valence-electron chi connectivity index (χ4n) is 2.30. The maximum absolute atomic E-state index is 12.1. The Labute approximate surface area is 129 Å². The summed E-state index contributed by atoms with van der Waals surface area (Å²) in [5, 5.41) is 0. The maximum Gasteiger partial charge on any atom is 0.269 e. The molecule has 2 N–H and O–H groups in total. The third kappa shape index (κ3) is 3.78. The third-order valence-electron chi connectivity index (χ3n) is 3.58. The molecule has 0 saturated heterocycles. The van der Waals surface area contributed by atoms with Gasteiger partial charge in [-0.25, -0.2) is 0 Å². The molecule has 6 heteroatoms. The molecule has 2 rings (SSSR count). The summed E-state index contributed by atoms with van der Waals surface area (Å²) in [7, 11) is 3.02. The highest BCUT2D eigenvalue weighted by molar-refractivity contribution is 5.96. The second kappa shape index (κ2) is 7.49. The minimum absolute atomic E-state index is 0.0873. The number of ether oxygens (including phenoxy) is 2. The normalized spacial score (nSPS) is 16.7. The molecule has 0 aromatic heterocycles. The molecule has 1 atom stereocenters. The number of hydrogen-bond acceptors (Lipinski definition) is 4. The van der Waals surface area contributed by atoms with Crippen molar-refractivity contribution in [3.8, 4) is 11.5 Å². The average molecular weight is 304 g/mol. The Morgan fingerprint density at radius 2 is 1.86 bits per heavy atom. The number of carbonyl (C=O) groups is 2. The van der Waals surface area contributed by atoms with E-state index in [1.807, 2.05) is 6.08 Å². The van der Waals surface area contributed by atoms with E-state index in [4.69, 9.17) is 9.47 Å². The number of benzene rings is 1. The van der Waals surface area contributed by atoms with Crippen molar-refractivity contribution in [2.75, 3.05) is 14.2 Å². The second-order valence-corrected chi connectivity index (χ2v) is 4.99. The zero-order chi connectivity index (χ0) is 15.9. The predicted molar refractivity (Wildman–Crippen MR) is 81.6 cm³/mol. The van der Waals surface area contributed by atoms with Crippen LogP contribution in [-0.2, 0) is 4.79 Å². The van der Waals surface area contributed by atoms with Gasteiger partial charge in [0.25, 0.3) is 5.91 Å². The van der Waals surface area contributed by atoms with E-state index >= 15 is 0 Å². The summed E-state index contributed by atoms with van der Waals surface area (Å²) in [5.41, 5.74) is 5.27. The smallest absolute Gasteiger partial charge is 0.269 e. The van der Waals surface area contributed by atoms with Crippen LogP contribution in [0.15, 0.2) is 30.4 Å². The number of rotatable bonds is 4. The van der Waals surface area contributed by atoms with Crippen LogP contribution in [0.1, 0.15) is 29.6 Å². The first-order chi connectivity index (χ1) is 10.7. The molecule has 0 saturated carbocycles. The Morgan fingerprint density at radius 3 is 2.50 bits per heavy atom. The molecule has 6 nitrogen and oxygen atoms in total. The van der Waals surface area contributed by atoms with Gasteiger partial charge in [0.15, 0.2) is 11.5 Å². The molecule has 2 amide bonds. The zero-order valence-electron chi connectivity index (χ0n) is 12.7. The van der Waals surface area contributed by atoms with Gasteiger partial charge in [-0.05, 0) is 37.5 Å². The highest BCUT2D eigenvalue weighted by Crippen LogP contribution is 2.27. The standard InChI is InChI=1S/C16H20N2O4/c1-21-13-9-8-12(10-14(13)22-2)16(20)18-17-15(19)11-6-4-3-5-7-11/h3-4,8-11H,5-7H2,1-2H3,(H,17,19)(H,18,20). The van der Waals surface area contributed by atoms with Crippen LogP contribution in [0.3, 0.4) is 0 Å². The Morgan fingerprint density at radius 1 is 1.09 bits per heavy atom. The molecule has 1 aromatic rings. The fraction of sp³-hybridized carbons (Fsp3) is 0.375. The van der Waals surface area contributed by atoms with Gasteiger partial charge >= 0.3 is 0 Å². The average Bonchev–Trinajstić information content (AvgIpc) is 2.59. The van der Waals surface area contributed by atoms with E-state index in [0.29, 0.717) is 23.5 Å². The molecular weight excluding hydrogens is 284 g/mol. The number of amides is 2. The molecule has 0 aliphatic heterocycles. The van der Waals surface area contributed by atoms with Crippen molar-refractivity contribution in [3.63, 3.8) is 0 Å². The number of hydrazine groups is 1. The quantitative estimate of drug-likeness (QED) is 0.657. The summed E-state index contributed by atoms with van der Waals surface area (Å²) in [6, 6.07) is 4.80. The van der Waals surface area contributed by atoms with E-state index in [1.54, 1.807) is 18.2 Å². The lowest BCUT2D eigenvalue weighted by Crippen LogP contribution is -2.44. The Hall–Kier alpha value is -2.50. The van der Waals surface area contributed by atoms with Crippen LogP contribution in [-0.4, -0.2) is 26.0 Å². The van der Waals surface area contributed by atoms with Crippen LogP contribution < -0.4 is 20.3 Å². The van der Waals surface area contributed by atoms with Gasteiger partial charge in [0.1, 0.15) is 0 Å². The largest absolute Gasteiger partial charge is 0.493 e. The van der Waals surface area contributed by atoms with Crippen molar-refractivity contribution in [3.05, 3.63) is 35.9 Å². The number of carbonyl (C=O) groups excluding carboxylic acids is 2. The van der Waals surface area contributed by atoms with Gasteiger partial charge in [-0.2, -0.15) is 0 Å². The van der Waals surface area contributed by atoms with E-state index in [9.17, 15) is 9.59 Å². The highest BCUT2D eigenvalue weighted by atomic mass is 16.5. The maximum atomic E-state index is 12.1. The van der Waals surface area contributed by atoms with Gasteiger partial charge in [0.2, 0.25) is 5.91 Å². The summed E-state index contributed by atoms with van der Waals surface area (Å²) in [4.78, 5) is 24.0. The molecule has 118 valence electrons. The first kappa shape index (κ1) is 15.9. The summed E-state index contributed by atoms with van der Waals surface area (Å²) in [5.74, 6) is 0.338. The predicted octanol–water partition coefficient (Wildman–Crippen LogP) is 1.82. The van der Waals surface area contributed by atoms with Gasteiger partial charge < -0.3 is 9.47 Å².